The van der Waals surface area contributed by atoms with Crippen molar-refractivity contribution in [2.45, 2.75) is 13.8 Å². The third-order valence-electron chi connectivity index (χ3n) is 5.03. The van der Waals surface area contributed by atoms with E-state index in [1.165, 1.54) is 11.1 Å². The van der Waals surface area contributed by atoms with E-state index in [1.807, 2.05) is 40.9 Å². The summed E-state index contributed by atoms with van der Waals surface area (Å²) in [6, 6.07) is 17.9. The lowest BCUT2D eigenvalue weighted by molar-refractivity contribution is 0.415. The standard InChI is InChI=1S/C23H20N6OS/c1-14-4-9-18(15(2)12-14)20-13-31-23-25-22(28-29(20)23)24-21-11-10-19(26-27-21)16-5-7-17(30-3)8-6-16/h4-13H,1-3H3,(H,24,27,28). The van der Waals surface area contributed by atoms with E-state index in [0.717, 1.165) is 33.2 Å². The summed E-state index contributed by atoms with van der Waals surface area (Å²) in [5, 5.41) is 18.5. The number of aryl methyl sites for hydroxylation is 2. The monoisotopic (exact) mass is 428 g/mol. The zero-order valence-electron chi connectivity index (χ0n) is 17.3. The molecule has 8 heteroatoms. The van der Waals surface area contributed by atoms with E-state index in [1.54, 1.807) is 18.4 Å². The van der Waals surface area contributed by atoms with Gasteiger partial charge < -0.3 is 10.1 Å². The van der Waals surface area contributed by atoms with Gasteiger partial charge in [0.2, 0.25) is 10.9 Å². The van der Waals surface area contributed by atoms with Crippen LogP contribution in [0.3, 0.4) is 0 Å². The highest BCUT2D eigenvalue weighted by atomic mass is 32.1. The molecule has 0 aliphatic heterocycles. The first kappa shape index (κ1) is 19.2. The van der Waals surface area contributed by atoms with Crippen molar-refractivity contribution in [1.82, 2.24) is 24.8 Å². The second-order valence-corrected chi connectivity index (χ2v) is 8.06. The van der Waals surface area contributed by atoms with Crippen molar-refractivity contribution in [3.05, 3.63) is 71.1 Å². The minimum Gasteiger partial charge on any atom is -0.497 e. The second kappa shape index (κ2) is 7.81. The van der Waals surface area contributed by atoms with Crippen LogP contribution in [0, 0.1) is 13.8 Å². The van der Waals surface area contributed by atoms with Crippen LogP contribution in [-0.2, 0) is 0 Å². The molecule has 3 aromatic heterocycles. The summed E-state index contributed by atoms with van der Waals surface area (Å²) in [4.78, 5) is 5.40. The van der Waals surface area contributed by atoms with Crippen molar-refractivity contribution in [2.75, 3.05) is 12.4 Å². The first-order valence-electron chi connectivity index (χ1n) is 9.78. The summed E-state index contributed by atoms with van der Waals surface area (Å²) in [7, 11) is 1.65. The summed E-state index contributed by atoms with van der Waals surface area (Å²) in [5.74, 6) is 1.88. The summed E-state index contributed by atoms with van der Waals surface area (Å²) in [5.41, 5.74) is 6.38. The maximum atomic E-state index is 5.20. The molecule has 1 N–H and O–H groups in total. The molecule has 0 saturated carbocycles. The quantitative estimate of drug-likeness (QED) is 0.410. The average molecular weight is 429 g/mol. The van der Waals surface area contributed by atoms with E-state index in [4.69, 9.17) is 4.74 Å². The van der Waals surface area contributed by atoms with Crippen LogP contribution in [0.15, 0.2) is 60.0 Å². The number of rotatable bonds is 5. The maximum Gasteiger partial charge on any atom is 0.249 e. The Morgan fingerprint density at radius 2 is 1.81 bits per heavy atom. The van der Waals surface area contributed by atoms with Gasteiger partial charge in [-0.15, -0.1) is 26.6 Å². The van der Waals surface area contributed by atoms with E-state index in [0.29, 0.717) is 11.8 Å². The Hall–Kier alpha value is -3.78. The van der Waals surface area contributed by atoms with Gasteiger partial charge in [-0.2, -0.15) is 4.98 Å². The molecular weight excluding hydrogens is 408 g/mol. The maximum absolute atomic E-state index is 5.20. The van der Waals surface area contributed by atoms with Gasteiger partial charge in [-0.25, -0.2) is 4.52 Å². The molecule has 7 nitrogen and oxygen atoms in total. The Morgan fingerprint density at radius 3 is 2.52 bits per heavy atom. The van der Waals surface area contributed by atoms with E-state index >= 15 is 0 Å². The predicted octanol–water partition coefficient (Wildman–Crippen LogP) is 5.28. The topological polar surface area (TPSA) is 77.2 Å². The number of benzene rings is 2. The molecule has 154 valence electrons. The number of nitrogens with zero attached hydrogens (tertiary/aromatic N) is 5. The lowest BCUT2D eigenvalue weighted by Crippen LogP contribution is -1.99. The van der Waals surface area contributed by atoms with Crippen LogP contribution in [0.2, 0.25) is 0 Å². The van der Waals surface area contributed by atoms with E-state index in [-0.39, 0.29) is 0 Å². The first-order chi connectivity index (χ1) is 15.1. The molecule has 5 rings (SSSR count). The highest BCUT2D eigenvalue weighted by molar-refractivity contribution is 7.15. The number of anilines is 2. The van der Waals surface area contributed by atoms with Crippen molar-refractivity contribution in [2.24, 2.45) is 0 Å². The first-order valence-corrected chi connectivity index (χ1v) is 10.7. The number of aromatic nitrogens is 5. The summed E-state index contributed by atoms with van der Waals surface area (Å²) in [6.45, 7) is 4.21. The zero-order valence-corrected chi connectivity index (χ0v) is 18.1. The molecule has 0 aliphatic rings. The van der Waals surface area contributed by atoms with Crippen LogP contribution < -0.4 is 10.1 Å². The number of hydrogen-bond acceptors (Lipinski definition) is 7. The fourth-order valence-corrected chi connectivity index (χ4v) is 4.27. The van der Waals surface area contributed by atoms with Gasteiger partial charge >= 0.3 is 0 Å². The fourth-order valence-electron chi connectivity index (χ4n) is 3.45. The molecule has 3 heterocycles. The van der Waals surface area contributed by atoms with Crippen LogP contribution >= 0.6 is 11.3 Å². The SMILES string of the molecule is COc1ccc(-c2ccc(Nc3nc4scc(-c5ccc(C)cc5C)n4n3)nn2)cc1. The number of methoxy groups -OCH3 is 1. The third kappa shape index (κ3) is 3.73. The van der Waals surface area contributed by atoms with Crippen LogP contribution in [-0.4, -0.2) is 31.9 Å². The lowest BCUT2D eigenvalue weighted by Gasteiger charge is -2.05. The minimum atomic E-state index is 0.490. The third-order valence-corrected chi connectivity index (χ3v) is 5.85. The number of ether oxygens (including phenoxy) is 1. The highest BCUT2D eigenvalue weighted by Crippen LogP contribution is 2.29. The van der Waals surface area contributed by atoms with Crippen LogP contribution in [0.5, 0.6) is 5.75 Å². The van der Waals surface area contributed by atoms with Gasteiger partial charge in [0.25, 0.3) is 0 Å². The Morgan fingerprint density at radius 1 is 0.968 bits per heavy atom. The van der Waals surface area contributed by atoms with Crippen molar-refractivity contribution >= 4 is 28.1 Å². The molecular formula is C23H20N6OS. The molecule has 0 unspecified atom stereocenters. The summed E-state index contributed by atoms with van der Waals surface area (Å²) >= 11 is 1.56. The Kier molecular flexibility index (Phi) is 4.83. The van der Waals surface area contributed by atoms with Crippen molar-refractivity contribution in [3.63, 3.8) is 0 Å². The molecule has 0 spiro atoms. The van der Waals surface area contributed by atoms with Crippen molar-refractivity contribution in [3.8, 4) is 28.3 Å². The number of nitrogens with one attached hydrogen (secondary N) is 1. The van der Waals surface area contributed by atoms with Crippen LogP contribution in [0.25, 0.3) is 27.5 Å². The molecule has 0 radical (unpaired) electrons. The Balaban J connectivity index is 1.38. The highest BCUT2D eigenvalue weighted by Gasteiger charge is 2.14. The smallest absolute Gasteiger partial charge is 0.249 e. The molecule has 0 bridgehead atoms. The molecule has 31 heavy (non-hydrogen) atoms. The summed E-state index contributed by atoms with van der Waals surface area (Å²) < 4.78 is 7.06. The van der Waals surface area contributed by atoms with Crippen molar-refractivity contribution in [1.29, 1.82) is 0 Å². The predicted molar refractivity (Wildman–Crippen MR) is 123 cm³/mol. The number of thiazole rings is 1. The molecule has 0 atom stereocenters. The lowest BCUT2D eigenvalue weighted by atomic mass is 10.0. The number of hydrogen-bond donors (Lipinski definition) is 1. The van der Waals surface area contributed by atoms with Gasteiger partial charge in [-0.1, -0.05) is 23.8 Å². The summed E-state index contributed by atoms with van der Waals surface area (Å²) in [6.07, 6.45) is 0. The van der Waals surface area contributed by atoms with Gasteiger partial charge in [0, 0.05) is 16.5 Å². The number of fused-ring (bicyclic) bond motifs is 1. The van der Waals surface area contributed by atoms with Crippen LogP contribution in [0.4, 0.5) is 11.8 Å². The minimum absolute atomic E-state index is 0.490. The molecule has 5 aromatic rings. The normalized spacial score (nSPS) is 11.1. The molecule has 0 saturated heterocycles. The largest absolute Gasteiger partial charge is 0.497 e. The molecule has 2 aromatic carbocycles. The van der Waals surface area contributed by atoms with E-state index < -0.39 is 0 Å². The zero-order chi connectivity index (χ0) is 21.4. The molecule has 0 aliphatic carbocycles. The molecule has 0 amide bonds. The van der Waals surface area contributed by atoms with Gasteiger partial charge in [0.05, 0.1) is 18.5 Å². The average Bonchev–Trinajstić information content (AvgIpc) is 3.35. The van der Waals surface area contributed by atoms with Gasteiger partial charge in [0.15, 0.2) is 5.82 Å². The van der Waals surface area contributed by atoms with E-state index in [2.05, 4.69) is 63.0 Å². The molecule has 0 fully saturated rings. The Bertz CT molecular complexity index is 1360. The van der Waals surface area contributed by atoms with Crippen LogP contribution in [0.1, 0.15) is 11.1 Å². The van der Waals surface area contributed by atoms with Crippen molar-refractivity contribution < 1.29 is 4.74 Å². The van der Waals surface area contributed by atoms with Gasteiger partial charge in [-0.3, -0.25) is 0 Å². The second-order valence-electron chi connectivity index (χ2n) is 7.23. The fraction of sp³-hybridized carbons (Fsp3) is 0.130. The van der Waals surface area contributed by atoms with Gasteiger partial charge in [-0.05, 0) is 55.8 Å². The van der Waals surface area contributed by atoms with E-state index in [9.17, 15) is 0 Å². The van der Waals surface area contributed by atoms with Gasteiger partial charge in [0.1, 0.15) is 5.75 Å². The Labute approximate surface area is 183 Å².